The SMILES string of the molecule is CC1CC2(CCCCC2)N2C(=O)C(=C3SC(=S)NC3=O)c3cccc1c32. The van der Waals surface area contributed by atoms with Gasteiger partial charge in [0.15, 0.2) is 0 Å². The predicted molar refractivity (Wildman–Crippen MR) is 108 cm³/mol. The highest BCUT2D eigenvalue weighted by molar-refractivity contribution is 8.27. The summed E-state index contributed by atoms with van der Waals surface area (Å²) in [5, 5.41) is 2.66. The quantitative estimate of drug-likeness (QED) is 0.540. The molecule has 0 aromatic heterocycles. The van der Waals surface area contributed by atoms with E-state index >= 15 is 0 Å². The fourth-order valence-electron chi connectivity index (χ4n) is 5.30. The van der Waals surface area contributed by atoms with E-state index in [4.69, 9.17) is 12.2 Å². The Morgan fingerprint density at radius 3 is 2.69 bits per heavy atom. The summed E-state index contributed by atoms with van der Waals surface area (Å²) in [5.41, 5.74) is 3.63. The van der Waals surface area contributed by atoms with Crippen LogP contribution in [-0.4, -0.2) is 21.7 Å². The van der Waals surface area contributed by atoms with Crippen molar-refractivity contribution in [3.63, 3.8) is 0 Å². The number of nitrogens with zero attached hydrogens (tertiary/aromatic N) is 1. The van der Waals surface area contributed by atoms with Gasteiger partial charge in [0, 0.05) is 11.1 Å². The molecule has 1 spiro atoms. The van der Waals surface area contributed by atoms with E-state index in [1.165, 1.54) is 36.6 Å². The summed E-state index contributed by atoms with van der Waals surface area (Å²) in [5.74, 6) is 0.165. The molecule has 5 rings (SSSR count). The summed E-state index contributed by atoms with van der Waals surface area (Å²) >= 11 is 6.37. The zero-order valence-corrected chi connectivity index (χ0v) is 16.3. The standard InChI is InChI=1S/C20H20N2O2S2/c1-11-10-20(8-3-2-4-9-20)22-15-12(11)6-5-7-13(15)14(18(22)24)16-17(23)21-19(25)26-16/h5-7,11H,2-4,8-10H2,1H3,(H,21,23,25). The van der Waals surface area contributed by atoms with Gasteiger partial charge in [-0.3, -0.25) is 9.59 Å². The molecular formula is C20H20N2O2S2. The molecule has 4 nitrogen and oxygen atoms in total. The lowest BCUT2D eigenvalue weighted by molar-refractivity contribution is -0.117. The van der Waals surface area contributed by atoms with Gasteiger partial charge in [-0.1, -0.05) is 68.4 Å². The van der Waals surface area contributed by atoms with E-state index in [2.05, 4.69) is 23.2 Å². The van der Waals surface area contributed by atoms with E-state index in [1.807, 2.05) is 12.1 Å². The molecular weight excluding hydrogens is 364 g/mol. The van der Waals surface area contributed by atoms with E-state index in [-0.39, 0.29) is 17.4 Å². The average Bonchev–Trinajstić information content (AvgIpc) is 3.10. The molecule has 0 radical (unpaired) electrons. The topological polar surface area (TPSA) is 49.4 Å². The molecule has 1 aromatic rings. The van der Waals surface area contributed by atoms with Crippen LogP contribution in [0, 0.1) is 0 Å². The molecule has 3 heterocycles. The van der Waals surface area contributed by atoms with Crippen LogP contribution in [0.1, 0.15) is 62.5 Å². The molecule has 0 bridgehead atoms. The molecule has 2 fully saturated rings. The number of hydrogen-bond acceptors (Lipinski definition) is 4. The Bertz CT molecular complexity index is 899. The van der Waals surface area contributed by atoms with Gasteiger partial charge in [0.2, 0.25) is 0 Å². The summed E-state index contributed by atoms with van der Waals surface area (Å²) in [7, 11) is 0. The summed E-state index contributed by atoms with van der Waals surface area (Å²) in [4.78, 5) is 28.6. The maximum absolute atomic E-state index is 13.6. The zero-order valence-electron chi connectivity index (χ0n) is 14.6. The fraction of sp³-hybridized carbons (Fsp3) is 0.450. The van der Waals surface area contributed by atoms with Crippen molar-refractivity contribution in [1.82, 2.24) is 5.32 Å². The summed E-state index contributed by atoms with van der Waals surface area (Å²) in [6.07, 6.45) is 6.69. The van der Waals surface area contributed by atoms with Crippen LogP contribution in [0.25, 0.3) is 5.57 Å². The van der Waals surface area contributed by atoms with Crippen molar-refractivity contribution >= 4 is 51.4 Å². The van der Waals surface area contributed by atoms with Crippen LogP contribution in [0.2, 0.25) is 0 Å². The van der Waals surface area contributed by atoms with Gasteiger partial charge in [0.25, 0.3) is 11.8 Å². The Labute approximate surface area is 162 Å². The lowest BCUT2D eigenvalue weighted by Gasteiger charge is -2.50. The molecule has 1 atom stereocenters. The number of carbonyl (C=O) groups excluding carboxylic acids is 2. The second kappa shape index (κ2) is 5.67. The van der Waals surface area contributed by atoms with Crippen LogP contribution in [0.4, 0.5) is 5.69 Å². The number of anilines is 1. The molecule has 26 heavy (non-hydrogen) atoms. The van der Waals surface area contributed by atoms with E-state index in [0.717, 1.165) is 30.5 Å². The van der Waals surface area contributed by atoms with Crippen LogP contribution in [0.3, 0.4) is 0 Å². The minimum Gasteiger partial charge on any atom is -0.307 e. The molecule has 6 heteroatoms. The number of benzene rings is 1. The number of fused-ring (bicyclic) bond motifs is 1. The minimum absolute atomic E-state index is 0.0106. The minimum atomic E-state index is -0.244. The van der Waals surface area contributed by atoms with E-state index in [9.17, 15) is 9.59 Å². The number of nitrogens with one attached hydrogen (secondary N) is 1. The Hall–Kier alpha value is -1.66. The molecule has 1 aliphatic carbocycles. The van der Waals surface area contributed by atoms with Crippen molar-refractivity contribution in [3.05, 3.63) is 34.2 Å². The number of amides is 2. The van der Waals surface area contributed by atoms with Gasteiger partial charge in [-0.05, 0) is 30.7 Å². The molecule has 1 aromatic carbocycles. The van der Waals surface area contributed by atoms with Crippen molar-refractivity contribution < 1.29 is 9.59 Å². The van der Waals surface area contributed by atoms with Crippen LogP contribution in [0.15, 0.2) is 23.1 Å². The Balaban J connectivity index is 1.76. The lowest BCUT2D eigenvalue weighted by atomic mass is 9.70. The highest BCUT2D eigenvalue weighted by Gasteiger charge is 2.53. The summed E-state index contributed by atoms with van der Waals surface area (Å²) < 4.78 is 0.428. The number of carbonyl (C=O) groups is 2. The number of rotatable bonds is 0. The van der Waals surface area contributed by atoms with Gasteiger partial charge in [0.1, 0.15) is 4.32 Å². The average molecular weight is 385 g/mol. The van der Waals surface area contributed by atoms with Crippen molar-refractivity contribution in [1.29, 1.82) is 0 Å². The third kappa shape index (κ3) is 2.12. The van der Waals surface area contributed by atoms with Gasteiger partial charge in [-0.2, -0.15) is 0 Å². The van der Waals surface area contributed by atoms with Crippen molar-refractivity contribution in [2.45, 2.75) is 56.9 Å². The molecule has 4 aliphatic rings. The molecule has 1 unspecified atom stereocenters. The second-order valence-electron chi connectivity index (χ2n) is 7.82. The maximum atomic E-state index is 13.6. The number of thioether (sulfide) groups is 1. The number of hydrogen-bond donors (Lipinski definition) is 1. The first kappa shape index (κ1) is 16.5. The normalized spacial score (nSPS) is 29.3. The molecule has 1 N–H and O–H groups in total. The molecule has 1 saturated carbocycles. The van der Waals surface area contributed by atoms with E-state index < -0.39 is 0 Å². The smallest absolute Gasteiger partial charge is 0.264 e. The monoisotopic (exact) mass is 384 g/mol. The van der Waals surface area contributed by atoms with Crippen molar-refractivity contribution in [2.75, 3.05) is 4.90 Å². The maximum Gasteiger partial charge on any atom is 0.264 e. The second-order valence-corrected chi connectivity index (χ2v) is 9.51. The fourth-order valence-corrected chi connectivity index (χ4v) is 6.41. The van der Waals surface area contributed by atoms with Crippen LogP contribution in [0.5, 0.6) is 0 Å². The van der Waals surface area contributed by atoms with Gasteiger partial charge < -0.3 is 10.2 Å². The first-order valence-electron chi connectivity index (χ1n) is 9.27. The molecule has 3 aliphatic heterocycles. The Morgan fingerprint density at radius 2 is 2.00 bits per heavy atom. The predicted octanol–water partition coefficient (Wildman–Crippen LogP) is 4.10. The van der Waals surface area contributed by atoms with Crippen molar-refractivity contribution in [2.24, 2.45) is 0 Å². The van der Waals surface area contributed by atoms with Gasteiger partial charge in [0.05, 0.1) is 16.2 Å². The highest BCUT2D eigenvalue weighted by atomic mass is 32.2. The largest absolute Gasteiger partial charge is 0.307 e. The van der Waals surface area contributed by atoms with Gasteiger partial charge in [-0.15, -0.1) is 0 Å². The molecule has 134 valence electrons. The summed E-state index contributed by atoms with van der Waals surface area (Å²) in [6, 6.07) is 6.14. The van der Waals surface area contributed by atoms with Gasteiger partial charge in [-0.25, -0.2) is 0 Å². The van der Waals surface area contributed by atoms with Crippen LogP contribution >= 0.6 is 24.0 Å². The van der Waals surface area contributed by atoms with Crippen LogP contribution < -0.4 is 10.2 Å². The first-order chi connectivity index (χ1) is 12.5. The third-order valence-corrected chi connectivity index (χ3v) is 7.53. The number of para-hydroxylation sites is 1. The van der Waals surface area contributed by atoms with E-state index in [1.54, 1.807) is 0 Å². The van der Waals surface area contributed by atoms with E-state index in [0.29, 0.717) is 20.7 Å². The summed E-state index contributed by atoms with van der Waals surface area (Å²) in [6.45, 7) is 2.27. The zero-order chi connectivity index (χ0) is 18.1. The Morgan fingerprint density at radius 1 is 1.23 bits per heavy atom. The number of thiocarbonyl (C=S) groups is 1. The third-order valence-electron chi connectivity index (χ3n) is 6.30. The van der Waals surface area contributed by atoms with Gasteiger partial charge >= 0.3 is 0 Å². The highest BCUT2D eigenvalue weighted by Crippen LogP contribution is 2.56. The Kier molecular flexibility index (Phi) is 3.60. The van der Waals surface area contributed by atoms with Crippen LogP contribution in [-0.2, 0) is 9.59 Å². The lowest BCUT2D eigenvalue weighted by Crippen LogP contribution is -2.54. The van der Waals surface area contributed by atoms with Crippen molar-refractivity contribution in [3.8, 4) is 0 Å². The molecule has 1 saturated heterocycles. The first-order valence-corrected chi connectivity index (χ1v) is 10.5. The molecule has 2 amide bonds.